The van der Waals surface area contributed by atoms with Crippen molar-refractivity contribution in [2.45, 2.75) is 13.5 Å². The Morgan fingerprint density at radius 3 is 2.80 bits per heavy atom. The van der Waals surface area contributed by atoms with Crippen LogP contribution < -0.4 is 5.73 Å². The first-order valence-electron chi connectivity index (χ1n) is 4.61. The zero-order chi connectivity index (χ0) is 10.8. The van der Waals surface area contributed by atoms with Gasteiger partial charge in [0.05, 0.1) is 0 Å². The third-order valence-corrected chi connectivity index (χ3v) is 3.11. The molecule has 0 amide bonds. The van der Waals surface area contributed by atoms with Crippen molar-refractivity contribution in [1.29, 1.82) is 0 Å². The van der Waals surface area contributed by atoms with Gasteiger partial charge in [0.25, 0.3) is 0 Å². The Balaban J connectivity index is 2.45. The number of thiazole rings is 1. The summed E-state index contributed by atoms with van der Waals surface area (Å²) in [6.45, 7) is 2.25. The second-order valence-corrected chi connectivity index (χ2v) is 4.17. The molecule has 1 heterocycles. The van der Waals surface area contributed by atoms with Gasteiger partial charge in [-0.05, 0) is 24.6 Å². The number of hydrogen-bond donors (Lipinski definition) is 1. The Bertz CT molecular complexity index is 479. The second kappa shape index (κ2) is 4.08. The second-order valence-electron chi connectivity index (χ2n) is 3.31. The van der Waals surface area contributed by atoms with Crippen LogP contribution in [0.1, 0.15) is 11.3 Å². The van der Waals surface area contributed by atoms with E-state index >= 15 is 0 Å². The largest absolute Gasteiger partial charge is 0.326 e. The Morgan fingerprint density at radius 2 is 2.27 bits per heavy atom. The van der Waals surface area contributed by atoms with Crippen molar-refractivity contribution < 1.29 is 4.39 Å². The van der Waals surface area contributed by atoms with Gasteiger partial charge < -0.3 is 5.73 Å². The van der Waals surface area contributed by atoms with Crippen molar-refractivity contribution >= 4 is 11.3 Å². The van der Waals surface area contributed by atoms with Crippen molar-refractivity contribution in [3.05, 3.63) is 40.7 Å². The minimum absolute atomic E-state index is 0.257. The van der Waals surface area contributed by atoms with E-state index in [9.17, 15) is 4.39 Å². The maximum atomic E-state index is 13.6. The first-order valence-corrected chi connectivity index (χ1v) is 5.49. The van der Waals surface area contributed by atoms with E-state index in [0.29, 0.717) is 17.1 Å². The van der Waals surface area contributed by atoms with Crippen LogP contribution in [0.3, 0.4) is 0 Å². The maximum absolute atomic E-state index is 13.6. The molecule has 0 bridgehead atoms. The van der Waals surface area contributed by atoms with Crippen molar-refractivity contribution in [2.75, 3.05) is 0 Å². The van der Waals surface area contributed by atoms with E-state index in [-0.39, 0.29) is 5.82 Å². The van der Waals surface area contributed by atoms with E-state index in [0.717, 1.165) is 11.3 Å². The summed E-state index contributed by atoms with van der Waals surface area (Å²) in [6, 6.07) is 5.02. The molecular formula is C11H11FN2S. The van der Waals surface area contributed by atoms with Crippen LogP contribution in [0, 0.1) is 12.7 Å². The molecule has 0 aliphatic carbocycles. The first kappa shape index (κ1) is 10.3. The molecule has 0 radical (unpaired) electrons. The van der Waals surface area contributed by atoms with Gasteiger partial charge in [-0.2, -0.15) is 0 Å². The maximum Gasteiger partial charge on any atom is 0.133 e. The van der Waals surface area contributed by atoms with E-state index < -0.39 is 0 Å². The molecule has 2 rings (SSSR count). The fourth-order valence-corrected chi connectivity index (χ4v) is 2.16. The van der Waals surface area contributed by atoms with Gasteiger partial charge in [0.15, 0.2) is 0 Å². The SMILES string of the molecule is Cc1csc(-c2ccc(CN)cc2F)n1. The first-order chi connectivity index (χ1) is 7.20. The highest BCUT2D eigenvalue weighted by molar-refractivity contribution is 7.13. The molecule has 78 valence electrons. The van der Waals surface area contributed by atoms with Crippen molar-refractivity contribution in [1.82, 2.24) is 4.98 Å². The lowest BCUT2D eigenvalue weighted by atomic mass is 10.1. The number of nitrogens with zero attached hydrogens (tertiary/aromatic N) is 1. The van der Waals surface area contributed by atoms with Crippen LogP contribution in [-0.2, 0) is 6.54 Å². The molecule has 2 nitrogen and oxygen atoms in total. The van der Waals surface area contributed by atoms with E-state index in [2.05, 4.69) is 4.98 Å². The molecule has 0 unspecified atom stereocenters. The molecule has 2 N–H and O–H groups in total. The molecule has 0 spiro atoms. The molecule has 0 aliphatic heterocycles. The van der Waals surface area contributed by atoms with Gasteiger partial charge in [0.2, 0.25) is 0 Å². The number of halogens is 1. The Labute approximate surface area is 91.6 Å². The fraction of sp³-hybridized carbons (Fsp3) is 0.182. The summed E-state index contributed by atoms with van der Waals surface area (Å²) in [4.78, 5) is 4.24. The number of aromatic nitrogens is 1. The van der Waals surface area contributed by atoms with Gasteiger partial charge in [0, 0.05) is 23.2 Å². The average molecular weight is 222 g/mol. The molecule has 1 aromatic heterocycles. The molecule has 4 heteroatoms. The zero-order valence-electron chi connectivity index (χ0n) is 8.33. The molecule has 0 saturated carbocycles. The van der Waals surface area contributed by atoms with Crippen molar-refractivity contribution in [2.24, 2.45) is 5.73 Å². The highest BCUT2D eigenvalue weighted by Gasteiger charge is 2.08. The third-order valence-electron chi connectivity index (χ3n) is 2.12. The van der Waals surface area contributed by atoms with E-state index in [1.54, 1.807) is 6.07 Å². The van der Waals surface area contributed by atoms with Crippen molar-refractivity contribution in [3.8, 4) is 10.6 Å². The van der Waals surface area contributed by atoms with Gasteiger partial charge in [-0.25, -0.2) is 9.37 Å². The number of rotatable bonds is 2. The number of nitrogens with two attached hydrogens (primary N) is 1. The van der Waals surface area contributed by atoms with Crippen LogP contribution in [0.5, 0.6) is 0 Å². The number of benzene rings is 1. The predicted molar refractivity (Wildman–Crippen MR) is 60.1 cm³/mol. The standard InChI is InChI=1S/C11H11FN2S/c1-7-6-15-11(14-7)9-3-2-8(5-13)4-10(9)12/h2-4,6H,5,13H2,1H3. The van der Waals surface area contributed by atoms with Gasteiger partial charge in [-0.1, -0.05) is 6.07 Å². The van der Waals surface area contributed by atoms with Gasteiger partial charge in [-0.15, -0.1) is 11.3 Å². The summed E-state index contributed by atoms with van der Waals surface area (Å²) in [5.74, 6) is -0.257. The minimum atomic E-state index is -0.257. The molecule has 1 aromatic carbocycles. The molecule has 0 aliphatic rings. The van der Waals surface area contributed by atoms with Crippen LogP contribution >= 0.6 is 11.3 Å². The summed E-state index contributed by atoms with van der Waals surface area (Å²) in [7, 11) is 0. The Kier molecular flexibility index (Phi) is 2.79. The van der Waals surface area contributed by atoms with Gasteiger partial charge in [-0.3, -0.25) is 0 Å². The van der Waals surface area contributed by atoms with Gasteiger partial charge >= 0.3 is 0 Å². The van der Waals surface area contributed by atoms with Crippen LogP contribution in [-0.4, -0.2) is 4.98 Å². The van der Waals surface area contributed by atoms with Crippen LogP contribution in [0.15, 0.2) is 23.6 Å². The van der Waals surface area contributed by atoms with E-state index in [4.69, 9.17) is 5.73 Å². The average Bonchev–Trinajstić information content (AvgIpc) is 2.64. The normalized spacial score (nSPS) is 10.6. The molecule has 0 atom stereocenters. The topological polar surface area (TPSA) is 38.9 Å². The van der Waals surface area contributed by atoms with Gasteiger partial charge in [0.1, 0.15) is 10.8 Å². The zero-order valence-corrected chi connectivity index (χ0v) is 9.14. The van der Waals surface area contributed by atoms with E-state index in [1.165, 1.54) is 17.4 Å². The van der Waals surface area contributed by atoms with Crippen LogP contribution in [0.4, 0.5) is 4.39 Å². The minimum Gasteiger partial charge on any atom is -0.326 e. The molecule has 15 heavy (non-hydrogen) atoms. The lowest BCUT2D eigenvalue weighted by Gasteiger charge is -2.01. The number of hydrogen-bond acceptors (Lipinski definition) is 3. The summed E-state index contributed by atoms with van der Waals surface area (Å²) < 4.78 is 13.6. The smallest absolute Gasteiger partial charge is 0.133 e. The third kappa shape index (κ3) is 2.06. The molecule has 0 saturated heterocycles. The lowest BCUT2D eigenvalue weighted by Crippen LogP contribution is -1.97. The monoisotopic (exact) mass is 222 g/mol. The molecule has 2 aromatic rings. The Hall–Kier alpha value is -1.26. The molecular weight excluding hydrogens is 211 g/mol. The summed E-state index contributed by atoms with van der Waals surface area (Å²) in [6.07, 6.45) is 0. The van der Waals surface area contributed by atoms with Crippen molar-refractivity contribution in [3.63, 3.8) is 0 Å². The highest BCUT2D eigenvalue weighted by atomic mass is 32.1. The number of aryl methyl sites for hydroxylation is 1. The lowest BCUT2D eigenvalue weighted by molar-refractivity contribution is 0.629. The van der Waals surface area contributed by atoms with E-state index in [1.807, 2.05) is 18.4 Å². The van der Waals surface area contributed by atoms with Crippen LogP contribution in [0.25, 0.3) is 10.6 Å². The quantitative estimate of drug-likeness (QED) is 0.848. The summed E-state index contributed by atoms with van der Waals surface area (Å²) in [5.41, 5.74) is 7.69. The Morgan fingerprint density at radius 1 is 1.47 bits per heavy atom. The predicted octanol–water partition coefficient (Wildman–Crippen LogP) is 2.72. The highest BCUT2D eigenvalue weighted by Crippen LogP contribution is 2.26. The fourth-order valence-electron chi connectivity index (χ4n) is 1.34. The molecule has 0 fully saturated rings. The van der Waals surface area contributed by atoms with Crippen LogP contribution in [0.2, 0.25) is 0 Å². The summed E-state index contributed by atoms with van der Waals surface area (Å²) in [5, 5.41) is 2.62. The summed E-state index contributed by atoms with van der Waals surface area (Å²) >= 11 is 1.45.